The summed E-state index contributed by atoms with van der Waals surface area (Å²) in [6.07, 6.45) is 8.56. The first-order valence-electron chi connectivity index (χ1n) is 23.0. The van der Waals surface area contributed by atoms with Crippen molar-refractivity contribution in [3.63, 3.8) is 0 Å². The standard InChI is InChI=1S/C50H57FN10O3/c1-32(46-29-41-40(13-18-52-48(41)57(46)2)37-7-9-43-38(27-37)30-53-56-43)59-21-16-35(17-22-59)34-3-5-36(6-4-34)50(64)61-19-14-33(15-20-61)31-58-23-25-60(26-24-58)45-11-8-39(28-42(45)51)54-44-10-12-47(62)55-49(44)63/h3-9,11,13,18,27-30,32-33,35,44,54H,10,12,14-17,19-26,31H2,1-2H3,(H,53,56)(H,55,62,63)/t32-,44?/m0/s1. The van der Waals surface area contributed by atoms with Crippen LogP contribution in [0.5, 0.6) is 0 Å². The summed E-state index contributed by atoms with van der Waals surface area (Å²) >= 11 is 0. The number of hydrogen-bond donors (Lipinski definition) is 3. The summed E-state index contributed by atoms with van der Waals surface area (Å²) in [6, 6.07) is 24.0. The van der Waals surface area contributed by atoms with Crippen molar-refractivity contribution < 1.29 is 18.8 Å². The van der Waals surface area contributed by atoms with E-state index in [1.807, 2.05) is 29.4 Å². The zero-order valence-electron chi connectivity index (χ0n) is 36.7. The number of aromatic nitrogens is 4. The quantitative estimate of drug-likeness (QED) is 0.124. The van der Waals surface area contributed by atoms with Crippen LogP contribution in [0.2, 0.25) is 0 Å². The lowest BCUT2D eigenvalue weighted by Crippen LogP contribution is -2.49. The molecule has 13 nitrogen and oxygen atoms in total. The molecular formula is C50H57FN10O3. The molecule has 64 heavy (non-hydrogen) atoms. The monoisotopic (exact) mass is 864 g/mol. The van der Waals surface area contributed by atoms with E-state index in [1.165, 1.54) is 28.3 Å². The fraction of sp³-hybridized carbons (Fsp3) is 0.420. The highest BCUT2D eigenvalue weighted by Crippen LogP contribution is 2.37. The molecule has 4 fully saturated rings. The predicted octanol–water partition coefficient (Wildman–Crippen LogP) is 7.09. The van der Waals surface area contributed by atoms with Crippen molar-refractivity contribution >= 4 is 51.0 Å². The highest BCUT2D eigenvalue weighted by atomic mass is 19.1. The Hall–Kier alpha value is -6.12. The van der Waals surface area contributed by atoms with E-state index in [0.717, 1.165) is 112 Å². The molecule has 1 unspecified atom stereocenters. The molecule has 6 aromatic rings. The van der Waals surface area contributed by atoms with E-state index in [2.05, 4.69) is 96.5 Å². The van der Waals surface area contributed by atoms with Gasteiger partial charge in [-0.05, 0) is 135 Å². The van der Waals surface area contributed by atoms with Crippen LogP contribution in [0, 0.1) is 11.7 Å². The summed E-state index contributed by atoms with van der Waals surface area (Å²) in [7, 11) is 2.13. The highest BCUT2D eigenvalue weighted by Gasteiger charge is 2.30. The maximum Gasteiger partial charge on any atom is 0.253 e. The fourth-order valence-corrected chi connectivity index (χ4v) is 10.6. The average Bonchev–Trinajstić information content (AvgIpc) is 3.94. The number of nitrogens with zero attached hydrogens (tertiary/aromatic N) is 7. The van der Waals surface area contributed by atoms with E-state index < -0.39 is 6.04 Å². The second-order valence-electron chi connectivity index (χ2n) is 18.3. The van der Waals surface area contributed by atoms with Crippen LogP contribution >= 0.6 is 0 Å². The van der Waals surface area contributed by atoms with Crippen LogP contribution in [0.3, 0.4) is 0 Å². The van der Waals surface area contributed by atoms with Crippen LogP contribution in [0.15, 0.2) is 85.2 Å². The van der Waals surface area contributed by atoms with Gasteiger partial charge in [0.15, 0.2) is 0 Å². The Balaban J connectivity index is 0.673. The molecule has 3 aromatic carbocycles. The van der Waals surface area contributed by atoms with E-state index in [4.69, 9.17) is 4.98 Å². The number of H-pyrrole nitrogens is 1. The van der Waals surface area contributed by atoms with Gasteiger partial charge in [-0.3, -0.25) is 34.6 Å². The Kier molecular flexibility index (Phi) is 11.6. The van der Waals surface area contributed by atoms with Crippen molar-refractivity contribution in [3.05, 3.63) is 108 Å². The number of anilines is 2. The van der Waals surface area contributed by atoms with E-state index in [1.54, 1.807) is 12.1 Å². The molecule has 0 radical (unpaired) electrons. The third kappa shape index (κ3) is 8.48. The molecule has 0 saturated carbocycles. The van der Waals surface area contributed by atoms with Crippen LogP contribution in [-0.2, 0) is 16.6 Å². The Labute approximate surface area is 373 Å². The number of piperazine rings is 1. The van der Waals surface area contributed by atoms with Crippen molar-refractivity contribution in [1.29, 1.82) is 0 Å². The molecule has 0 spiro atoms. The number of nitrogens with one attached hydrogen (secondary N) is 3. The Morgan fingerprint density at radius 2 is 1.66 bits per heavy atom. The molecule has 4 aliphatic rings. The van der Waals surface area contributed by atoms with Crippen LogP contribution < -0.4 is 15.5 Å². The van der Waals surface area contributed by atoms with E-state index in [0.29, 0.717) is 29.6 Å². The third-order valence-corrected chi connectivity index (χ3v) is 14.5. The first kappa shape index (κ1) is 41.9. The van der Waals surface area contributed by atoms with Crippen molar-refractivity contribution in [3.8, 4) is 11.1 Å². The van der Waals surface area contributed by atoms with Gasteiger partial charge >= 0.3 is 0 Å². The van der Waals surface area contributed by atoms with Crippen LogP contribution in [0.4, 0.5) is 15.8 Å². The van der Waals surface area contributed by atoms with Crippen LogP contribution in [0.25, 0.3) is 33.1 Å². The van der Waals surface area contributed by atoms with Gasteiger partial charge in [-0.1, -0.05) is 18.2 Å². The van der Waals surface area contributed by atoms with Gasteiger partial charge in [-0.15, -0.1) is 0 Å². The highest BCUT2D eigenvalue weighted by molar-refractivity contribution is 6.01. The summed E-state index contributed by atoms with van der Waals surface area (Å²) in [5.74, 6) is 0.147. The molecule has 7 heterocycles. The minimum Gasteiger partial charge on any atom is -0.374 e. The molecular weight excluding hydrogens is 808 g/mol. The van der Waals surface area contributed by atoms with E-state index in [-0.39, 0.29) is 36.0 Å². The molecule has 3 aromatic heterocycles. The molecule has 2 atom stereocenters. The molecule has 0 bridgehead atoms. The van der Waals surface area contributed by atoms with Crippen molar-refractivity contribution in [2.24, 2.45) is 13.0 Å². The number of imide groups is 1. The number of fused-ring (bicyclic) bond motifs is 2. The van der Waals surface area contributed by atoms with Gasteiger partial charge in [0.1, 0.15) is 17.5 Å². The Bertz CT molecular complexity index is 2670. The maximum absolute atomic E-state index is 15.2. The number of hydrogen-bond acceptors (Lipinski definition) is 9. The number of benzene rings is 3. The molecule has 4 aliphatic heterocycles. The number of aryl methyl sites for hydroxylation is 1. The van der Waals surface area contributed by atoms with E-state index in [9.17, 15) is 14.4 Å². The smallest absolute Gasteiger partial charge is 0.253 e. The lowest BCUT2D eigenvalue weighted by molar-refractivity contribution is -0.133. The minimum atomic E-state index is -0.549. The molecule has 0 aliphatic carbocycles. The number of likely N-dealkylation sites (tertiary alicyclic amines) is 2. The normalized spacial score (nSPS) is 20.3. The van der Waals surface area contributed by atoms with E-state index >= 15 is 4.39 Å². The van der Waals surface area contributed by atoms with Crippen molar-refractivity contribution in [2.75, 3.05) is 69.1 Å². The number of piperidine rings is 3. The largest absolute Gasteiger partial charge is 0.374 e. The third-order valence-electron chi connectivity index (χ3n) is 14.5. The van der Waals surface area contributed by atoms with Crippen molar-refractivity contribution in [1.82, 2.24) is 39.8 Å². The maximum atomic E-state index is 15.2. The van der Waals surface area contributed by atoms with Gasteiger partial charge in [0.25, 0.3) is 5.91 Å². The zero-order valence-corrected chi connectivity index (χ0v) is 36.7. The molecule has 3 N–H and O–H groups in total. The number of rotatable bonds is 10. The van der Waals surface area contributed by atoms with Crippen molar-refractivity contribution in [2.45, 2.75) is 63.5 Å². The number of aromatic amines is 1. The second kappa shape index (κ2) is 17.8. The fourth-order valence-electron chi connectivity index (χ4n) is 10.6. The lowest BCUT2D eigenvalue weighted by Gasteiger charge is -2.39. The summed E-state index contributed by atoms with van der Waals surface area (Å²) in [6.45, 7) is 10.0. The molecule has 332 valence electrons. The zero-order chi connectivity index (χ0) is 43.9. The summed E-state index contributed by atoms with van der Waals surface area (Å²) < 4.78 is 17.5. The summed E-state index contributed by atoms with van der Waals surface area (Å²) in [5, 5.41) is 14.9. The minimum absolute atomic E-state index is 0.122. The number of pyridine rings is 1. The number of carbonyl (C=O) groups is 3. The molecule has 14 heteroatoms. The SMILES string of the molecule is C[C@@H](c1cc2c(-c3ccc4[nH]ncc4c3)ccnc2n1C)N1CCC(c2ccc(C(=O)N3CCC(CN4CCN(c5ccc(NC6CCC(=O)NC6=O)cc5F)CC4)CC3)cc2)CC1. The van der Waals surface area contributed by atoms with Gasteiger partial charge < -0.3 is 19.7 Å². The first-order valence-corrected chi connectivity index (χ1v) is 23.0. The van der Waals surface area contributed by atoms with Gasteiger partial charge in [0.2, 0.25) is 11.8 Å². The number of carbonyl (C=O) groups excluding carboxylic acids is 3. The Morgan fingerprint density at radius 3 is 2.41 bits per heavy atom. The topological polar surface area (TPSA) is 135 Å². The lowest BCUT2D eigenvalue weighted by atomic mass is 9.88. The molecule has 4 saturated heterocycles. The summed E-state index contributed by atoms with van der Waals surface area (Å²) in [4.78, 5) is 51.2. The number of amides is 3. The van der Waals surface area contributed by atoms with Crippen LogP contribution in [-0.4, -0.2) is 117 Å². The van der Waals surface area contributed by atoms with Gasteiger partial charge in [-0.25, -0.2) is 9.37 Å². The average molecular weight is 865 g/mol. The Morgan fingerprint density at radius 1 is 0.875 bits per heavy atom. The second-order valence-corrected chi connectivity index (χ2v) is 18.3. The van der Waals surface area contributed by atoms with Crippen LogP contribution in [0.1, 0.15) is 79.0 Å². The predicted molar refractivity (Wildman–Crippen MR) is 248 cm³/mol. The number of halogens is 1. The first-order chi connectivity index (χ1) is 31.1. The molecule has 10 rings (SSSR count). The summed E-state index contributed by atoms with van der Waals surface area (Å²) in [5.41, 5.74) is 8.82. The van der Waals surface area contributed by atoms with Gasteiger partial charge in [-0.2, -0.15) is 5.10 Å². The van der Waals surface area contributed by atoms with Gasteiger partial charge in [0, 0.05) is 99.2 Å². The van der Waals surface area contributed by atoms with Gasteiger partial charge in [0.05, 0.1) is 17.4 Å². The molecule has 3 amide bonds.